The number of methoxy groups -OCH3 is 2. The van der Waals surface area contributed by atoms with Crippen LogP contribution in [0, 0.1) is 0 Å². The summed E-state index contributed by atoms with van der Waals surface area (Å²) in [5.41, 5.74) is -0.632. The molecule has 0 aliphatic rings. The monoisotopic (exact) mass is 304 g/mol. The van der Waals surface area contributed by atoms with E-state index in [2.05, 4.69) is 0 Å². The van der Waals surface area contributed by atoms with Gasteiger partial charge in [-0.1, -0.05) is 24.3 Å². The normalized spacial score (nSPS) is 11.1. The third-order valence-corrected chi connectivity index (χ3v) is 2.94. The van der Waals surface area contributed by atoms with Crippen molar-refractivity contribution in [2.75, 3.05) is 14.2 Å². The van der Waals surface area contributed by atoms with E-state index in [-0.39, 0.29) is 0 Å². The van der Waals surface area contributed by atoms with E-state index in [1.54, 1.807) is 33.9 Å². The first kappa shape index (κ1) is 15.9. The van der Waals surface area contributed by atoms with Crippen LogP contribution < -0.4 is 14.2 Å². The molecule has 0 aromatic heterocycles. The summed E-state index contributed by atoms with van der Waals surface area (Å²) in [6.07, 6.45) is -0.777. The lowest BCUT2D eigenvalue weighted by atomic mass is 10.1. The van der Waals surface area contributed by atoms with E-state index in [1.807, 2.05) is 24.3 Å². The number of rotatable bonds is 3. The molecule has 0 spiro atoms. The van der Waals surface area contributed by atoms with Crippen LogP contribution in [0.2, 0.25) is 0 Å². The Kier molecular flexibility index (Phi) is 4.45. The molecule has 5 nitrogen and oxygen atoms in total. The Balaban J connectivity index is 2.50. The van der Waals surface area contributed by atoms with Gasteiger partial charge in [-0.2, -0.15) is 0 Å². The molecule has 0 radical (unpaired) electrons. The molecule has 0 aliphatic carbocycles. The average molecular weight is 304 g/mol. The zero-order valence-corrected chi connectivity index (χ0v) is 13.4. The molecule has 0 aliphatic heterocycles. The molecule has 0 bridgehead atoms. The summed E-state index contributed by atoms with van der Waals surface area (Å²) >= 11 is 0. The number of benzene rings is 2. The van der Waals surface area contributed by atoms with Crippen LogP contribution >= 0.6 is 0 Å². The average Bonchev–Trinajstić information content (AvgIpc) is 2.45. The van der Waals surface area contributed by atoms with Crippen LogP contribution in [-0.2, 0) is 4.74 Å². The van der Waals surface area contributed by atoms with Crippen LogP contribution in [0.5, 0.6) is 17.2 Å². The smallest absolute Gasteiger partial charge is 0.496 e. The van der Waals surface area contributed by atoms with Gasteiger partial charge in [-0.05, 0) is 20.8 Å². The first-order chi connectivity index (χ1) is 10.4. The molecule has 2 aromatic carbocycles. The number of hydrogen-bond acceptors (Lipinski definition) is 5. The first-order valence-corrected chi connectivity index (χ1v) is 6.90. The van der Waals surface area contributed by atoms with E-state index in [0.717, 1.165) is 5.39 Å². The fraction of sp³-hybridized carbons (Fsp3) is 0.353. The van der Waals surface area contributed by atoms with Crippen molar-refractivity contribution in [3.8, 4) is 17.2 Å². The predicted molar refractivity (Wildman–Crippen MR) is 83.9 cm³/mol. The highest BCUT2D eigenvalue weighted by Crippen LogP contribution is 2.41. The standard InChI is InChI=1S/C17H20O5/c1-17(2,3)22-16(18)21-15-12-9-7-6-8-11(12)13(19-4)10-14(15)20-5/h6-10H,1-5H3. The molecule has 0 amide bonds. The van der Waals surface area contributed by atoms with E-state index >= 15 is 0 Å². The van der Waals surface area contributed by atoms with E-state index < -0.39 is 11.8 Å². The minimum atomic E-state index is -0.777. The van der Waals surface area contributed by atoms with Gasteiger partial charge in [0.15, 0.2) is 11.5 Å². The summed E-state index contributed by atoms with van der Waals surface area (Å²) in [6.45, 7) is 5.33. The van der Waals surface area contributed by atoms with Crippen molar-refractivity contribution < 1.29 is 23.7 Å². The maximum Gasteiger partial charge on any atom is 0.514 e. The lowest BCUT2D eigenvalue weighted by molar-refractivity contribution is 0.0204. The van der Waals surface area contributed by atoms with Crippen molar-refractivity contribution in [2.24, 2.45) is 0 Å². The number of ether oxygens (including phenoxy) is 4. The Labute approximate surface area is 129 Å². The van der Waals surface area contributed by atoms with E-state index in [0.29, 0.717) is 22.6 Å². The van der Waals surface area contributed by atoms with Crippen LogP contribution in [0.25, 0.3) is 10.8 Å². The lowest BCUT2D eigenvalue weighted by Gasteiger charge is -2.20. The van der Waals surface area contributed by atoms with Crippen LogP contribution in [0.15, 0.2) is 30.3 Å². The number of hydrogen-bond donors (Lipinski definition) is 0. The van der Waals surface area contributed by atoms with Gasteiger partial charge in [0.1, 0.15) is 11.4 Å². The quantitative estimate of drug-likeness (QED) is 0.629. The van der Waals surface area contributed by atoms with Crippen molar-refractivity contribution in [1.29, 1.82) is 0 Å². The first-order valence-electron chi connectivity index (χ1n) is 6.90. The minimum absolute atomic E-state index is 0.313. The number of fused-ring (bicyclic) bond motifs is 1. The molecule has 0 atom stereocenters. The van der Waals surface area contributed by atoms with Crippen molar-refractivity contribution in [1.82, 2.24) is 0 Å². The molecule has 0 unspecified atom stereocenters. The Bertz CT molecular complexity index is 685. The van der Waals surface area contributed by atoms with Gasteiger partial charge in [0.2, 0.25) is 0 Å². The second-order valence-corrected chi connectivity index (χ2v) is 5.72. The van der Waals surface area contributed by atoms with Crippen molar-refractivity contribution in [3.63, 3.8) is 0 Å². The Morgan fingerprint density at radius 2 is 1.55 bits per heavy atom. The molecule has 0 fully saturated rings. The topological polar surface area (TPSA) is 54.0 Å². The Hall–Kier alpha value is -2.43. The second kappa shape index (κ2) is 6.13. The molecule has 0 saturated carbocycles. The maximum atomic E-state index is 12.0. The number of carbonyl (C=O) groups is 1. The Morgan fingerprint density at radius 3 is 2.09 bits per heavy atom. The Morgan fingerprint density at radius 1 is 0.955 bits per heavy atom. The maximum absolute atomic E-state index is 12.0. The fourth-order valence-corrected chi connectivity index (χ4v) is 2.07. The van der Waals surface area contributed by atoms with Gasteiger partial charge in [0.05, 0.1) is 14.2 Å². The van der Waals surface area contributed by atoms with Crippen LogP contribution in [0.4, 0.5) is 4.79 Å². The summed E-state index contributed by atoms with van der Waals surface area (Å²) < 4.78 is 21.3. The molecule has 0 saturated heterocycles. The minimum Gasteiger partial charge on any atom is -0.496 e. The predicted octanol–water partition coefficient (Wildman–Crippen LogP) is 4.17. The van der Waals surface area contributed by atoms with E-state index in [4.69, 9.17) is 18.9 Å². The summed E-state index contributed by atoms with van der Waals surface area (Å²) in [6, 6.07) is 9.13. The molecular weight excluding hydrogens is 284 g/mol. The van der Waals surface area contributed by atoms with Gasteiger partial charge in [0.25, 0.3) is 0 Å². The summed E-state index contributed by atoms with van der Waals surface area (Å²) in [7, 11) is 3.08. The summed E-state index contributed by atoms with van der Waals surface area (Å²) in [4.78, 5) is 12.0. The van der Waals surface area contributed by atoms with Gasteiger partial charge < -0.3 is 18.9 Å². The van der Waals surface area contributed by atoms with Gasteiger partial charge in [-0.3, -0.25) is 0 Å². The number of carbonyl (C=O) groups excluding carboxylic acids is 1. The zero-order valence-electron chi connectivity index (χ0n) is 13.4. The SMILES string of the molecule is COc1cc(OC)c2ccccc2c1OC(=O)OC(C)(C)C. The molecule has 118 valence electrons. The third-order valence-electron chi connectivity index (χ3n) is 2.94. The summed E-state index contributed by atoms with van der Waals surface area (Å²) in [5.74, 6) is 1.36. The van der Waals surface area contributed by atoms with Crippen LogP contribution in [0.1, 0.15) is 20.8 Å². The van der Waals surface area contributed by atoms with Crippen molar-refractivity contribution in [3.05, 3.63) is 30.3 Å². The highest BCUT2D eigenvalue weighted by molar-refractivity contribution is 5.96. The van der Waals surface area contributed by atoms with Crippen LogP contribution in [-0.4, -0.2) is 26.0 Å². The molecule has 0 heterocycles. The zero-order chi connectivity index (χ0) is 16.3. The summed E-state index contributed by atoms with van der Waals surface area (Å²) in [5, 5.41) is 1.54. The highest BCUT2D eigenvalue weighted by Gasteiger charge is 2.22. The van der Waals surface area contributed by atoms with Crippen molar-refractivity contribution in [2.45, 2.75) is 26.4 Å². The largest absolute Gasteiger partial charge is 0.514 e. The van der Waals surface area contributed by atoms with Gasteiger partial charge >= 0.3 is 6.16 Å². The van der Waals surface area contributed by atoms with Crippen molar-refractivity contribution >= 4 is 16.9 Å². The molecule has 0 N–H and O–H groups in total. The van der Waals surface area contributed by atoms with Gasteiger partial charge in [-0.15, -0.1) is 0 Å². The fourth-order valence-electron chi connectivity index (χ4n) is 2.07. The molecule has 22 heavy (non-hydrogen) atoms. The van der Waals surface area contributed by atoms with Gasteiger partial charge in [0, 0.05) is 16.8 Å². The molecule has 5 heteroatoms. The molecule has 2 rings (SSSR count). The van der Waals surface area contributed by atoms with Crippen LogP contribution in [0.3, 0.4) is 0 Å². The van der Waals surface area contributed by atoms with Gasteiger partial charge in [-0.25, -0.2) is 4.79 Å². The second-order valence-electron chi connectivity index (χ2n) is 5.72. The van der Waals surface area contributed by atoms with E-state index in [9.17, 15) is 4.79 Å². The highest BCUT2D eigenvalue weighted by atomic mass is 16.7. The molecular formula is C17H20O5. The lowest BCUT2D eigenvalue weighted by Crippen LogP contribution is -2.26. The third kappa shape index (κ3) is 3.42. The van der Waals surface area contributed by atoms with E-state index in [1.165, 1.54) is 7.11 Å². The molecule has 2 aromatic rings.